The third-order valence-corrected chi connectivity index (χ3v) is 3.38. The quantitative estimate of drug-likeness (QED) is 0.718. The number of ether oxygens (including phenoxy) is 1. The molecule has 0 saturated carbocycles. The molecule has 3 nitrogen and oxygen atoms in total. The SMILES string of the molecule is Cc1ccc(CN(CC(C)C)CC(O)COCC(C)C)cc1. The molecular formula is C19H33NO2. The van der Waals surface area contributed by atoms with Gasteiger partial charge in [0.05, 0.1) is 12.7 Å². The summed E-state index contributed by atoms with van der Waals surface area (Å²) < 4.78 is 5.55. The van der Waals surface area contributed by atoms with Crippen molar-refractivity contribution in [2.75, 3.05) is 26.3 Å². The van der Waals surface area contributed by atoms with Crippen molar-refractivity contribution in [2.24, 2.45) is 11.8 Å². The maximum absolute atomic E-state index is 10.2. The molecule has 0 aliphatic rings. The summed E-state index contributed by atoms with van der Waals surface area (Å²) in [7, 11) is 0. The first kappa shape index (κ1) is 19.1. The Labute approximate surface area is 136 Å². The summed E-state index contributed by atoms with van der Waals surface area (Å²) in [6.07, 6.45) is -0.428. The minimum Gasteiger partial charge on any atom is -0.389 e. The molecule has 126 valence electrons. The number of rotatable bonds is 10. The van der Waals surface area contributed by atoms with Gasteiger partial charge in [0.25, 0.3) is 0 Å². The number of hydrogen-bond donors (Lipinski definition) is 1. The lowest BCUT2D eigenvalue weighted by Gasteiger charge is -2.27. The highest BCUT2D eigenvalue weighted by molar-refractivity contribution is 5.21. The second kappa shape index (κ2) is 9.98. The van der Waals surface area contributed by atoms with Crippen LogP contribution in [0, 0.1) is 18.8 Å². The normalized spacial score (nSPS) is 13.3. The predicted molar refractivity (Wildman–Crippen MR) is 93.0 cm³/mol. The minimum absolute atomic E-state index is 0.417. The molecule has 0 aromatic heterocycles. The number of aliphatic hydroxyl groups excluding tert-OH is 1. The van der Waals surface area contributed by atoms with E-state index in [2.05, 4.69) is 63.8 Å². The van der Waals surface area contributed by atoms with Crippen LogP contribution in [0.4, 0.5) is 0 Å². The van der Waals surface area contributed by atoms with Gasteiger partial charge in [0, 0.05) is 26.2 Å². The zero-order valence-electron chi connectivity index (χ0n) is 14.9. The minimum atomic E-state index is -0.428. The van der Waals surface area contributed by atoms with Crippen LogP contribution in [0.25, 0.3) is 0 Å². The lowest BCUT2D eigenvalue weighted by atomic mass is 10.1. The van der Waals surface area contributed by atoms with Gasteiger partial charge in [0.15, 0.2) is 0 Å². The van der Waals surface area contributed by atoms with Crippen LogP contribution in [0.1, 0.15) is 38.8 Å². The molecule has 22 heavy (non-hydrogen) atoms. The average Bonchev–Trinajstić information content (AvgIpc) is 2.40. The molecular weight excluding hydrogens is 274 g/mol. The molecule has 0 radical (unpaired) electrons. The van der Waals surface area contributed by atoms with Crippen molar-refractivity contribution in [1.29, 1.82) is 0 Å². The highest BCUT2D eigenvalue weighted by Gasteiger charge is 2.14. The Morgan fingerprint density at radius 2 is 1.59 bits per heavy atom. The third kappa shape index (κ3) is 8.52. The summed E-state index contributed by atoms with van der Waals surface area (Å²) >= 11 is 0. The molecule has 1 aromatic carbocycles. The van der Waals surface area contributed by atoms with E-state index in [1.807, 2.05) is 0 Å². The molecule has 3 heteroatoms. The molecule has 0 bridgehead atoms. The number of benzene rings is 1. The zero-order valence-corrected chi connectivity index (χ0v) is 14.9. The maximum atomic E-state index is 10.2. The number of nitrogens with zero attached hydrogens (tertiary/aromatic N) is 1. The van der Waals surface area contributed by atoms with Crippen molar-refractivity contribution in [3.63, 3.8) is 0 Å². The first-order valence-corrected chi connectivity index (χ1v) is 8.40. The predicted octanol–water partition coefficient (Wildman–Crippen LogP) is 3.49. The van der Waals surface area contributed by atoms with Crippen LogP contribution in [0.3, 0.4) is 0 Å². The van der Waals surface area contributed by atoms with Gasteiger partial charge in [-0.2, -0.15) is 0 Å². The van der Waals surface area contributed by atoms with Crippen LogP contribution in [0.2, 0.25) is 0 Å². The van der Waals surface area contributed by atoms with Gasteiger partial charge in [-0.25, -0.2) is 0 Å². The van der Waals surface area contributed by atoms with Gasteiger partial charge in [0.1, 0.15) is 0 Å². The molecule has 0 aliphatic carbocycles. The number of aliphatic hydroxyl groups is 1. The Balaban J connectivity index is 2.50. The van der Waals surface area contributed by atoms with E-state index in [-0.39, 0.29) is 0 Å². The van der Waals surface area contributed by atoms with Crippen LogP contribution in [0.15, 0.2) is 24.3 Å². The van der Waals surface area contributed by atoms with Gasteiger partial charge >= 0.3 is 0 Å². The highest BCUT2D eigenvalue weighted by Crippen LogP contribution is 2.10. The first-order chi connectivity index (χ1) is 10.4. The molecule has 1 N–H and O–H groups in total. The third-order valence-electron chi connectivity index (χ3n) is 3.38. The maximum Gasteiger partial charge on any atom is 0.0900 e. The average molecular weight is 307 g/mol. The van der Waals surface area contributed by atoms with E-state index in [0.29, 0.717) is 31.6 Å². The summed E-state index contributed by atoms with van der Waals surface area (Å²) in [4.78, 5) is 2.32. The van der Waals surface area contributed by atoms with Crippen molar-refractivity contribution < 1.29 is 9.84 Å². The number of hydrogen-bond acceptors (Lipinski definition) is 3. The number of aryl methyl sites for hydroxylation is 1. The van der Waals surface area contributed by atoms with Crippen LogP contribution in [-0.2, 0) is 11.3 Å². The van der Waals surface area contributed by atoms with Crippen molar-refractivity contribution in [1.82, 2.24) is 4.90 Å². The van der Waals surface area contributed by atoms with Gasteiger partial charge in [0.2, 0.25) is 0 Å². The fourth-order valence-corrected chi connectivity index (χ4v) is 2.46. The van der Waals surface area contributed by atoms with E-state index < -0.39 is 6.10 Å². The molecule has 0 aliphatic heterocycles. The lowest BCUT2D eigenvalue weighted by Crippen LogP contribution is -2.37. The molecule has 0 amide bonds. The van der Waals surface area contributed by atoms with Crippen LogP contribution >= 0.6 is 0 Å². The van der Waals surface area contributed by atoms with Gasteiger partial charge in [-0.05, 0) is 24.3 Å². The molecule has 0 spiro atoms. The van der Waals surface area contributed by atoms with E-state index >= 15 is 0 Å². The van der Waals surface area contributed by atoms with Crippen LogP contribution < -0.4 is 0 Å². The Bertz CT molecular complexity index is 400. The Kier molecular flexibility index (Phi) is 8.69. The van der Waals surface area contributed by atoms with Crippen LogP contribution in [0.5, 0.6) is 0 Å². The molecule has 0 saturated heterocycles. The lowest BCUT2D eigenvalue weighted by molar-refractivity contribution is 0.00523. The smallest absolute Gasteiger partial charge is 0.0900 e. The van der Waals surface area contributed by atoms with Crippen molar-refractivity contribution in [3.05, 3.63) is 35.4 Å². The van der Waals surface area contributed by atoms with Crippen LogP contribution in [-0.4, -0.2) is 42.4 Å². The summed E-state index contributed by atoms with van der Waals surface area (Å²) in [5.74, 6) is 1.08. The van der Waals surface area contributed by atoms with E-state index in [0.717, 1.165) is 13.1 Å². The Hall–Kier alpha value is -0.900. The van der Waals surface area contributed by atoms with Crippen molar-refractivity contribution in [2.45, 2.75) is 47.3 Å². The zero-order chi connectivity index (χ0) is 16.5. The van der Waals surface area contributed by atoms with Gasteiger partial charge in [-0.15, -0.1) is 0 Å². The fourth-order valence-electron chi connectivity index (χ4n) is 2.46. The molecule has 1 unspecified atom stereocenters. The fraction of sp³-hybridized carbons (Fsp3) is 0.684. The Morgan fingerprint density at radius 1 is 0.955 bits per heavy atom. The molecule has 0 fully saturated rings. The van der Waals surface area contributed by atoms with Gasteiger partial charge < -0.3 is 9.84 Å². The van der Waals surface area contributed by atoms with E-state index in [1.54, 1.807) is 0 Å². The Morgan fingerprint density at radius 3 is 2.14 bits per heavy atom. The van der Waals surface area contributed by atoms with Crippen molar-refractivity contribution in [3.8, 4) is 0 Å². The molecule has 1 aromatic rings. The summed E-state index contributed by atoms with van der Waals surface area (Å²) in [6, 6.07) is 8.63. The van der Waals surface area contributed by atoms with E-state index in [9.17, 15) is 5.11 Å². The second-order valence-electron chi connectivity index (χ2n) is 7.16. The summed E-state index contributed by atoms with van der Waals surface area (Å²) in [5.41, 5.74) is 2.57. The molecule has 0 heterocycles. The monoisotopic (exact) mass is 307 g/mol. The van der Waals surface area contributed by atoms with Gasteiger partial charge in [-0.3, -0.25) is 4.90 Å². The first-order valence-electron chi connectivity index (χ1n) is 8.40. The van der Waals surface area contributed by atoms with E-state index in [1.165, 1.54) is 11.1 Å². The van der Waals surface area contributed by atoms with Crippen molar-refractivity contribution >= 4 is 0 Å². The standard InChI is InChI=1S/C19H33NO2/c1-15(2)10-20(11-18-8-6-17(5)7-9-18)12-19(21)14-22-13-16(3)4/h6-9,15-16,19,21H,10-14H2,1-5H3. The summed E-state index contributed by atoms with van der Waals surface area (Å²) in [5, 5.41) is 10.2. The summed E-state index contributed by atoms with van der Waals surface area (Å²) in [6.45, 7) is 14.4. The topological polar surface area (TPSA) is 32.7 Å². The second-order valence-corrected chi connectivity index (χ2v) is 7.16. The van der Waals surface area contributed by atoms with Gasteiger partial charge in [-0.1, -0.05) is 57.5 Å². The largest absolute Gasteiger partial charge is 0.389 e. The van der Waals surface area contributed by atoms with E-state index in [4.69, 9.17) is 4.74 Å². The molecule has 1 atom stereocenters. The highest BCUT2D eigenvalue weighted by atomic mass is 16.5. The molecule has 1 rings (SSSR count).